The molecule has 1 aromatic heterocycles. The van der Waals surface area contributed by atoms with Crippen LogP contribution in [0.25, 0.3) is 0 Å². The average Bonchev–Trinajstić information content (AvgIpc) is 2.92. The summed E-state index contributed by atoms with van der Waals surface area (Å²) in [7, 11) is 3.69. The number of thiophene rings is 1. The lowest BCUT2D eigenvalue weighted by molar-refractivity contribution is 0.244. The third-order valence-corrected chi connectivity index (χ3v) is 4.46. The zero-order valence-corrected chi connectivity index (χ0v) is 13.2. The Hall–Kier alpha value is -1.07. The Balaban J connectivity index is 2.16. The second kappa shape index (κ2) is 7.09. The fourth-order valence-electron chi connectivity index (χ4n) is 2.22. The van der Waals surface area contributed by atoms with Crippen molar-refractivity contribution in [2.45, 2.75) is 12.6 Å². The van der Waals surface area contributed by atoms with E-state index < -0.39 is 0 Å². The molecule has 1 aromatic carbocycles. The number of hydrogen-bond acceptors (Lipinski definition) is 4. The molecule has 0 radical (unpaired) electrons. The van der Waals surface area contributed by atoms with Crippen LogP contribution in [0, 0.1) is 0 Å². The molecular formula is C15H19ClN2OS. The number of rotatable bonds is 6. The van der Waals surface area contributed by atoms with Gasteiger partial charge in [-0.3, -0.25) is 4.90 Å². The van der Waals surface area contributed by atoms with E-state index in [2.05, 4.69) is 29.5 Å². The summed E-state index contributed by atoms with van der Waals surface area (Å²) < 4.78 is 5.18. The van der Waals surface area contributed by atoms with Gasteiger partial charge < -0.3 is 10.5 Å². The van der Waals surface area contributed by atoms with Crippen molar-refractivity contribution in [2.75, 3.05) is 20.7 Å². The molecule has 0 saturated heterocycles. The summed E-state index contributed by atoms with van der Waals surface area (Å²) in [6.07, 6.45) is 0. The van der Waals surface area contributed by atoms with Crippen LogP contribution in [0.5, 0.6) is 5.75 Å². The van der Waals surface area contributed by atoms with Crippen molar-refractivity contribution in [3.05, 3.63) is 51.2 Å². The average molecular weight is 311 g/mol. The molecule has 1 atom stereocenters. The molecular weight excluding hydrogens is 292 g/mol. The Morgan fingerprint density at radius 1 is 1.40 bits per heavy atom. The van der Waals surface area contributed by atoms with Crippen molar-refractivity contribution >= 4 is 22.9 Å². The summed E-state index contributed by atoms with van der Waals surface area (Å²) >= 11 is 7.95. The van der Waals surface area contributed by atoms with Crippen LogP contribution in [-0.2, 0) is 6.54 Å². The van der Waals surface area contributed by atoms with Gasteiger partial charge in [0.1, 0.15) is 5.75 Å². The van der Waals surface area contributed by atoms with Crippen molar-refractivity contribution < 1.29 is 4.74 Å². The topological polar surface area (TPSA) is 38.5 Å². The summed E-state index contributed by atoms with van der Waals surface area (Å²) in [5.41, 5.74) is 7.05. The van der Waals surface area contributed by atoms with Gasteiger partial charge in [0.25, 0.3) is 0 Å². The Bertz CT molecular complexity index is 545. The normalized spacial score (nSPS) is 12.7. The maximum absolute atomic E-state index is 6.20. The minimum Gasteiger partial charge on any atom is -0.495 e. The molecule has 3 nitrogen and oxygen atoms in total. The lowest BCUT2D eigenvalue weighted by atomic mass is 10.1. The predicted octanol–water partition coefficient (Wildman–Crippen LogP) is 3.54. The molecule has 2 N–H and O–H groups in total. The molecule has 0 amide bonds. The van der Waals surface area contributed by atoms with Crippen LogP contribution in [0.2, 0.25) is 5.02 Å². The number of benzene rings is 1. The second-order valence-electron chi connectivity index (χ2n) is 4.64. The van der Waals surface area contributed by atoms with Gasteiger partial charge in [0.15, 0.2) is 0 Å². The quantitative estimate of drug-likeness (QED) is 0.887. The van der Waals surface area contributed by atoms with E-state index >= 15 is 0 Å². The first-order chi connectivity index (χ1) is 9.65. The highest BCUT2D eigenvalue weighted by Crippen LogP contribution is 2.30. The largest absolute Gasteiger partial charge is 0.495 e. The fraction of sp³-hybridized carbons (Fsp3) is 0.333. The molecule has 0 aliphatic rings. The van der Waals surface area contributed by atoms with E-state index in [1.807, 2.05) is 18.2 Å². The van der Waals surface area contributed by atoms with Gasteiger partial charge in [0.2, 0.25) is 0 Å². The van der Waals surface area contributed by atoms with Gasteiger partial charge in [-0.2, -0.15) is 0 Å². The second-order valence-corrected chi connectivity index (χ2v) is 6.08. The highest BCUT2D eigenvalue weighted by Gasteiger charge is 2.17. The maximum Gasteiger partial charge on any atom is 0.137 e. The molecule has 108 valence electrons. The Labute approximate surface area is 128 Å². The van der Waals surface area contributed by atoms with Gasteiger partial charge in [-0.15, -0.1) is 11.3 Å². The summed E-state index contributed by atoms with van der Waals surface area (Å²) in [4.78, 5) is 3.56. The first-order valence-electron chi connectivity index (χ1n) is 6.41. The van der Waals surface area contributed by atoms with Crippen LogP contribution in [0.1, 0.15) is 16.5 Å². The highest BCUT2D eigenvalue weighted by molar-refractivity contribution is 7.09. The minimum absolute atomic E-state index is 0.139. The number of hydrogen-bond donors (Lipinski definition) is 1. The van der Waals surface area contributed by atoms with E-state index in [-0.39, 0.29) is 6.04 Å². The van der Waals surface area contributed by atoms with Gasteiger partial charge in [-0.05, 0) is 36.2 Å². The van der Waals surface area contributed by atoms with E-state index in [1.54, 1.807) is 18.4 Å². The van der Waals surface area contributed by atoms with Crippen LogP contribution in [0.15, 0.2) is 35.7 Å². The smallest absolute Gasteiger partial charge is 0.137 e. The van der Waals surface area contributed by atoms with Crippen LogP contribution < -0.4 is 10.5 Å². The molecule has 2 aromatic rings. The van der Waals surface area contributed by atoms with Crippen molar-refractivity contribution in [1.29, 1.82) is 0 Å². The fourth-order valence-corrected chi connectivity index (χ4v) is 3.25. The van der Waals surface area contributed by atoms with Gasteiger partial charge in [-0.25, -0.2) is 0 Å². The molecule has 0 saturated carbocycles. The van der Waals surface area contributed by atoms with E-state index in [9.17, 15) is 0 Å². The summed E-state index contributed by atoms with van der Waals surface area (Å²) in [5, 5.41) is 2.71. The molecule has 0 aliphatic heterocycles. The molecule has 1 heterocycles. The summed E-state index contributed by atoms with van der Waals surface area (Å²) in [6.45, 7) is 1.42. The lowest BCUT2D eigenvalue weighted by Crippen LogP contribution is -2.29. The number of likely N-dealkylation sites (N-methyl/N-ethyl adjacent to an activating group) is 1. The molecule has 0 bridgehead atoms. The van der Waals surface area contributed by atoms with Gasteiger partial charge in [0, 0.05) is 24.0 Å². The summed E-state index contributed by atoms with van der Waals surface area (Å²) in [6, 6.07) is 10.2. The third-order valence-electron chi connectivity index (χ3n) is 3.30. The van der Waals surface area contributed by atoms with Crippen LogP contribution >= 0.6 is 22.9 Å². The molecule has 20 heavy (non-hydrogen) atoms. The number of methoxy groups -OCH3 is 1. The highest BCUT2D eigenvalue weighted by atomic mass is 35.5. The molecule has 0 spiro atoms. The van der Waals surface area contributed by atoms with Crippen molar-refractivity contribution in [2.24, 2.45) is 5.73 Å². The minimum atomic E-state index is 0.139. The van der Waals surface area contributed by atoms with E-state index in [0.29, 0.717) is 17.3 Å². The number of nitrogens with two attached hydrogens (primary N) is 1. The van der Waals surface area contributed by atoms with Gasteiger partial charge in [-0.1, -0.05) is 23.7 Å². The molecule has 0 fully saturated rings. The van der Waals surface area contributed by atoms with Crippen LogP contribution in [0.4, 0.5) is 0 Å². The van der Waals surface area contributed by atoms with Crippen LogP contribution in [0.3, 0.4) is 0 Å². The molecule has 5 heteroatoms. The monoisotopic (exact) mass is 310 g/mol. The molecule has 2 rings (SSSR count). The summed E-state index contributed by atoms with van der Waals surface area (Å²) in [5.74, 6) is 0.687. The molecule has 1 unspecified atom stereocenters. The standard InChI is InChI=1S/C15H19ClN2OS/c1-18(10-12-4-3-7-20-12)14(9-17)11-5-6-15(19-2)13(16)8-11/h3-8,14H,9-10,17H2,1-2H3. The molecule has 0 aliphatic carbocycles. The zero-order chi connectivity index (χ0) is 14.5. The Morgan fingerprint density at radius 2 is 2.20 bits per heavy atom. The Kier molecular flexibility index (Phi) is 5.43. The van der Waals surface area contributed by atoms with Crippen molar-refractivity contribution in [3.8, 4) is 5.75 Å². The van der Waals surface area contributed by atoms with Crippen molar-refractivity contribution in [3.63, 3.8) is 0 Å². The third kappa shape index (κ3) is 3.52. The van der Waals surface area contributed by atoms with Gasteiger partial charge in [0.05, 0.1) is 12.1 Å². The van der Waals surface area contributed by atoms with Gasteiger partial charge >= 0.3 is 0 Å². The number of halogens is 1. The Morgan fingerprint density at radius 3 is 2.75 bits per heavy atom. The zero-order valence-electron chi connectivity index (χ0n) is 11.7. The van der Waals surface area contributed by atoms with E-state index in [4.69, 9.17) is 22.1 Å². The lowest BCUT2D eigenvalue weighted by Gasteiger charge is -2.27. The van der Waals surface area contributed by atoms with E-state index in [0.717, 1.165) is 12.1 Å². The number of ether oxygens (including phenoxy) is 1. The van der Waals surface area contributed by atoms with Crippen molar-refractivity contribution in [1.82, 2.24) is 4.90 Å². The van der Waals surface area contributed by atoms with E-state index in [1.165, 1.54) is 4.88 Å². The first kappa shape index (κ1) is 15.3. The first-order valence-corrected chi connectivity index (χ1v) is 7.67. The SMILES string of the molecule is COc1ccc(C(CN)N(C)Cc2cccs2)cc1Cl. The van der Waals surface area contributed by atoms with Crippen LogP contribution in [-0.4, -0.2) is 25.6 Å². The number of nitrogens with zero attached hydrogens (tertiary/aromatic N) is 1. The predicted molar refractivity (Wildman–Crippen MR) is 85.6 cm³/mol. The maximum atomic E-state index is 6.20.